The van der Waals surface area contributed by atoms with Crippen molar-refractivity contribution in [3.63, 3.8) is 0 Å². The van der Waals surface area contributed by atoms with Crippen molar-refractivity contribution in [1.82, 2.24) is 0 Å². The number of aryl methyl sites for hydroxylation is 2. The fourth-order valence-corrected chi connectivity index (χ4v) is 18.3. The Morgan fingerprint density at radius 1 is 0.431 bits per heavy atom. The molecule has 0 saturated carbocycles. The Balaban J connectivity index is 0.000000299. The van der Waals surface area contributed by atoms with Gasteiger partial charge in [0.25, 0.3) is 0 Å². The molecule has 2 aliphatic rings. The third-order valence-electron chi connectivity index (χ3n) is 10.4. The van der Waals surface area contributed by atoms with Gasteiger partial charge < -0.3 is 0 Å². The van der Waals surface area contributed by atoms with Crippen molar-refractivity contribution in [2.24, 2.45) is 0 Å². The van der Waals surface area contributed by atoms with E-state index >= 15 is 0 Å². The Morgan fingerprint density at radius 3 is 1.12 bits per heavy atom. The number of hydrogen-bond acceptors (Lipinski definition) is 0. The van der Waals surface area contributed by atoms with E-state index in [-0.39, 0.29) is 35.0 Å². The molecule has 0 saturated heterocycles. The van der Waals surface area contributed by atoms with Crippen LogP contribution in [0.1, 0.15) is 121 Å². The monoisotopic (exact) mass is 748 g/mol. The zero-order valence-corrected chi connectivity index (χ0v) is 35.3. The van der Waals surface area contributed by atoms with Gasteiger partial charge in [-0.25, -0.2) is 0 Å². The maximum Gasteiger partial charge on any atom is -0.0238 e. The molecule has 0 aromatic heterocycles. The van der Waals surface area contributed by atoms with E-state index < -0.39 is 0 Å². The van der Waals surface area contributed by atoms with Crippen LogP contribution < -0.4 is 0 Å². The van der Waals surface area contributed by atoms with Crippen molar-refractivity contribution in [3.8, 4) is 0 Å². The van der Waals surface area contributed by atoms with Gasteiger partial charge in [0.05, 0.1) is 0 Å². The summed E-state index contributed by atoms with van der Waals surface area (Å²) in [4.78, 5) is 0. The molecule has 0 amide bonds. The summed E-state index contributed by atoms with van der Waals surface area (Å²) in [6.45, 7) is 9.49. The summed E-state index contributed by atoms with van der Waals surface area (Å²) >= 11 is -0.260. The van der Waals surface area contributed by atoms with E-state index in [4.69, 9.17) is 0 Å². The molecule has 0 radical (unpaired) electrons. The van der Waals surface area contributed by atoms with Gasteiger partial charge in [0.1, 0.15) is 0 Å². The van der Waals surface area contributed by atoms with E-state index in [1.165, 1.54) is 87.1 Å². The van der Waals surface area contributed by atoms with Crippen LogP contribution in [0.5, 0.6) is 0 Å². The first-order chi connectivity index (χ1) is 25.2. The minimum absolute atomic E-state index is 0.0168. The quantitative estimate of drug-likeness (QED) is 0.0662. The minimum Gasteiger partial charge on any atom is -0.0622 e. The number of unbranched alkanes of at least 4 members (excludes halogenated alkanes) is 4. The largest absolute Gasteiger partial charge is 0.0622 e. The van der Waals surface area contributed by atoms with E-state index in [0.29, 0.717) is 0 Å². The predicted molar refractivity (Wildman–Crippen MR) is 228 cm³/mol. The van der Waals surface area contributed by atoms with Crippen LogP contribution in [-0.4, -0.2) is 24.6 Å². The molecule has 4 aromatic rings. The van der Waals surface area contributed by atoms with Crippen molar-refractivity contribution in [3.05, 3.63) is 153 Å². The van der Waals surface area contributed by atoms with Gasteiger partial charge in [0.15, 0.2) is 0 Å². The van der Waals surface area contributed by atoms with Crippen LogP contribution in [0, 0.1) is 0 Å². The van der Waals surface area contributed by atoms with E-state index in [1.54, 1.807) is 22.3 Å². The summed E-state index contributed by atoms with van der Waals surface area (Å²) < 4.78 is 1.45. The van der Waals surface area contributed by atoms with Gasteiger partial charge >= 0.3 is 241 Å². The van der Waals surface area contributed by atoms with Gasteiger partial charge in [-0.15, -0.1) is 0 Å². The van der Waals surface area contributed by atoms with E-state index in [2.05, 4.69) is 149 Å². The van der Waals surface area contributed by atoms with Crippen LogP contribution in [0.3, 0.4) is 0 Å². The van der Waals surface area contributed by atoms with Gasteiger partial charge in [0, 0.05) is 0 Å². The van der Waals surface area contributed by atoms with Gasteiger partial charge in [0.2, 0.25) is 0 Å². The van der Waals surface area contributed by atoms with Crippen molar-refractivity contribution in [2.45, 2.75) is 100 Å². The Hall–Kier alpha value is -2.07. The number of fused-ring (bicyclic) bond motifs is 2. The number of allylic oxidation sites excluding steroid dienone is 2. The molecule has 268 valence electrons. The van der Waals surface area contributed by atoms with Gasteiger partial charge in [-0.2, -0.15) is 0 Å². The summed E-state index contributed by atoms with van der Waals surface area (Å²) in [6.07, 6.45) is 24.3. The molecule has 6 rings (SSSR count). The number of rotatable bonds is 19. The van der Waals surface area contributed by atoms with Crippen LogP contribution in [0.2, 0.25) is 0 Å². The molecule has 2 aliphatic carbocycles. The van der Waals surface area contributed by atoms with Crippen molar-refractivity contribution in [2.75, 3.05) is 24.6 Å². The zero-order valence-electron chi connectivity index (χ0n) is 32.0. The first kappa shape index (κ1) is 40.1. The standard InChI is InChI=1S/2C17H24P.C14H14.Ti/c2*1-3-5-11-18(12-6-4-2)17-13-15-9-7-8-10-16(15)14-17;1-3-7-13(8-4-1)11-12-14-9-5-2-6-10-14;/h2*7-10,13-14H,3-6,11-12H2,1-2H3;1-10H,11-12H2;. The SMILES string of the molecule is CCCCP(CCCC)C1=Cc2ccccc2[CH]1[Ti][CH]1C(P(CCCC)CCCC)=Cc2ccccc21.c1ccc(CCc2ccccc2)cc1. The van der Waals surface area contributed by atoms with E-state index in [1.807, 2.05) is 10.6 Å². The second kappa shape index (κ2) is 22.2. The molecular weight excluding hydrogens is 686 g/mol. The molecule has 51 heavy (non-hydrogen) atoms. The Bertz CT molecular complexity index is 1500. The van der Waals surface area contributed by atoms with Crippen molar-refractivity contribution >= 4 is 28.0 Å². The minimum atomic E-state index is -0.260. The van der Waals surface area contributed by atoms with Crippen molar-refractivity contribution < 1.29 is 19.2 Å². The second-order valence-electron chi connectivity index (χ2n) is 14.3. The van der Waals surface area contributed by atoms with E-state index in [9.17, 15) is 0 Å². The van der Waals surface area contributed by atoms with Crippen molar-refractivity contribution in [1.29, 1.82) is 0 Å². The van der Waals surface area contributed by atoms with Crippen LogP contribution in [0.25, 0.3) is 12.2 Å². The smallest absolute Gasteiger partial charge is 0.0238 e. The fraction of sp³-hybridized carbons (Fsp3) is 0.417. The van der Waals surface area contributed by atoms with E-state index in [0.717, 1.165) is 21.3 Å². The Kier molecular flexibility index (Phi) is 17.5. The molecule has 4 aromatic carbocycles. The average molecular weight is 749 g/mol. The summed E-state index contributed by atoms with van der Waals surface area (Å²) in [5.74, 6) is 0. The second-order valence-corrected chi connectivity index (χ2v) is 21.6. The number of benzene rings is 4. The average Bonchev–Trinajstić information content (AvgIpc) is 3.73. The summed E-state index contributed by atoms with van der Waals surface area (Å²) in [7, 11) is -0.0337. The first-order valence-corrected chi connectivity index (χ1v) is 25.3. The zero-order chi connectivity index (χ0) is 35.7. The molecular formula is C48H62P2Ti. The summed E-state index contributed by atoms with van der Waals surface area (Å²) in [6, 6.07) is 40.2. The Morgan fingerprint density at radius 2 is 0.765 bits per heavy atom. The molecule has 2 atom stereocenters. The van der Waals surface area contributed by atoms with Crippen LogP contribution in [0.4, 0.5) is 0 Å². The maximum absolute atomic E-state index is 2.68. The molecule has 0 bridgehead atoms. The van der Waals surface area contributed by atoms with Crippen LogP contribution in [-0.2, 0) is 32.0 Å². The number of hydrogen-bond donors (Lipinski definition) is 0. The topological polar surface area (TPSA) is 0 Å². The molecule has 3 heteroatoms. The molecule has 0 fully saturated rings. The first-order valence-electron chi connectivity index (χ1n) is 20.1. The third kappa shape index (κ3) is 11.7. The molecule has 2 unspecified atom stereocenters. The maximum atomic E-state index is 2.68. The molecule has 0 heterocycles. The fourth-order valence-electron chi connectivity index (χ4n) is 7.39. The van der Waals surface area contributed by atoms with Crippen LogP contribution in [0.15, 0.2) is 120 Å². The molecule has 0 N–H and O–H groups in total. The summed E-state index contributed by atoms with van der Waals surface area (Å²) in [5.41, 5.74) is 9.26. The third-order valence-corrected chi connectivity index (χ3v) is 19.8. The van der Waals surface area contributed by atoms with Crippen LogP contribution >= 0.6 is 15.8 Å². The predicted octanol–water partition coefficient (Wildman–Crippen LogP) is 14.9. The van der Waals surface area contributed by atoms with Gasteiger partial charge in [-0.3, -0.25) is 0 Å². The van der Waals surface area contributed by atoms with Gasteiger partial charge in [-0.05, 0) is 24.0 Å². The Labute approximate surface area is 323 Å². The molecule has 0 spiro atoms. The molecule has 0 nitrogen and oxygen atoms in total. The normalized spacial score (nSPS) is 16.0. The summed E-state index contributed by atoms with van der Waals surface area (Å²) in [5, 5.41) is 3.77. The molecule has 0 aliphatic heterocycles. The van der Waals surface area contributed by atoms with Gasteiger partial charge in [-0.1, -0.05) is 60.7 Å².